The number of halogens is 2. The lowest BCUT2D eigenvalue weighted by atomic mass is 9.74. The summed E-state index contributed by atoms with van der Waals surface area (Å²) in [5.74, 6) is -0.854. The average molecular weight is 523 g/mol. The number of aromatic nitrogens is 4. The zero-order chi connectivity index (χ0) is 27.0. The second kappa shape index (κ2) is 10.7. The first-order valence-corrected chi connectivity index (χ1v) is 12.8. The Hall–Kier alpha value is -3.47. The molecule has 1 fully saturated rings. The number of ether oxygens (including phenoxy) is 1. The van der Waals surface area contributed by atoms with E-state index < -0.39 is 17.7 Å². The highest BCUT2D eigenvalue weighted by atomic mass is 19.1. The summed E-state index contributed by atoms with van der Waals surface area (Å²) in [5, 5.41) is 18.1. The van der Waals surface area contributed by atoms with Gasteiger partial charge in [0.1, 0.15) is 11.6 Å². The minimum atomic E-state index is -0.715. The lowest BCUT2D eigenvalue weighted by molar-refractivity contribution is 0.0521. The van der Waals surface area contributed by atoms with E-state index in [9.17, 15) is 5.11 Å². The molecule has 1 aliphatic carbocycles. The Bertz CT molecular complexity index is 1410. The number of rotatable bonds is 7. The van der Waals surface area contributed by atoms with Crippen molar-refractivity contribution in [3.63, 3.8) is 0 Å². The van der Waals surface area contributed by atoms with Crippen molar-refractivity contribution in [1.29, 1.82) is 0 Å². The first-order valence-electron chi connectivity index (χ1n) is 12.8. The van der Waals surface area contributed by atoms with Gasteiger partial charge in [-0.2, -0.15) is 9.61 Å². The Labute approximate surface area is 219 Å². The number of pyridine rings is 1. The summed E-state index contributed by atoms with van der Waals surface area (Å²) < 4.78 is 37.1. The first-order chi connectivity index (χ1) is 18.2. The van der Waals surface area contributed by atoms with Crippen LogP contribution in [-0.4, -0.2) is 42.9 Å². The standard InChI is InChI=1S/C28H32F2N6O2/c1-15(2)38-14-17-9-21(29)26(22(30)10-17)24-5-4-19-12-33-28(36(19)35-24)34-25-13-32-7-6-20(25)18-8-16(3)27(37)23(31)11-18/h4-7,9-10,12-13,15-16,18,23,27,37H,8,11,14,31H2,1-3H3,(H,33,34). The Balaban J connectivity index is 1.46. The summed E-state index contributed by atoms with van der Waals surface area (Å²) in [6.45, 7) is 5.84. The molecule has 4 N–H and O–H groups in total. The van der Waals surface area contributed by atoms with Crippen molar-refractivity contribution in [3.05, 3.63) is 71.7 Å². The fourth-order valence-electron chi connectivity index (χ4n) is 5.13. The van der Waals surface area contributed by atoms with Gasteiger partial charge >= 0.3 is 0 Å². The maximum atomic E-state index is 15.0. The number of benzene rings is 1. The van der Waals surface area contributed by atoms with Crippen LogP contribution in [0.5, 0.6) is 0 Å². The normalized spacial score (nSPS) is 21.8. The van der Waals surface area contributed by atoms with Crippen LogP contribution in [0, 0.1) is 17.6 Å². The van der Waals surface area contributed by atoms with Crippen molar-refractivity contribution in [2.75, 3.05) is 5.32 Å². The predicted octanol–water partition coefficient (Wildman–Crippen LogP) is 4.94. The number of nitrogens with zero attached hydrogens (tertiary/aromatic N) is 4. The van der Waals surface area contributed by atoms with Gasteiger partial charge < -0.3 is 20.9 Å². The Morgan fingerprint density at radius 1 is 1.16 bits per heavy atom. The van der Waals surface area contributed by atoms with Gasteiger partial charge in [0, 0.05) is 12.2 Å². The predicted molar refractivity (Wildman–Crippen MR) is 141 cm³/mol. The van der Waals surface area contributed by atoms with E-state index >= 15 is 8.78 Å². The second-order valence-corrected chi connectivity index (χ2v) is 10.3. The summed E-state index contributed by atoms with van der Waals surface area (Å²) in [4.78, 5) is 8.71. The van der Waals surface area contributed by atoms with Gasteiger partial charge in [0.05, 0.1) is 53.7 Å². The molecule has 0 aliphatic heterocycles. The lowest BCUT2D eigenvalue weighted by Crippen LogP contribution is -2.44. The maximum Gasteiger partial charge on any atom is 0.229 e. The Morgan fingerprint density at radius 2 is 1.92 bits per heavy atom. The number of nitrogens with one attached hydrogen (secondary N) is 1. The number of nitrogens with two attached hydrogens (primary N) is 1. The molecule has 38 heavy (non-hydrogen) atoms. The zero-order valence-electron chi connectivity index (χ0n) is 21.6. The van der Waals surface area contributed by atoms with E-state index in [2.05, 4.69) is 20.4 Å². The number of fused-ring (bicyclic) bond motifs is 1. The highest BCUT2D eigenvalue weighted by Gasteiger charge is 2.34. The van der Waals surface area contributed by atoms with Gasteiger partial charge in [-0.15, -0.1) is 0 Å². The van der Waals surface area contributed by atoms with Gasteiger partial charge in [0.25, 0.3) is 0 Å². The third kappa shape index (κ3) is 5.24. The second-order valence-electron chi connectivity index (χ2n) is 10.3. The summed E-state index contributed by atoms with van der Waals surface area (Å²) in [6, 6.07) is 7.45. The number of aliphatic hydroxyl groups is 1. The highest BCUT2D eigenvalue weighted by molar-refractivity contribution is 5.66. The molecule has 0 amide bonds. The third-order valence-corrected chi connectivity index (χ3v) is 7.10. The van der Waals surface area contributed by atoms with Crippen LogP contribution in [0.2, 0.25) is 0 Å². The molecule has 4 unspecified atom stereocenters. The molecule has 3 heterocycles. The summed E-state index contributed by atoms with van der Waals surface area (Å²) in [7, 11) is 0. The van der Waals surface area contributed by atoms with Crippen LogP contribution < -0.4 is 11.1 Å². The van der Waals surface area contributed by atoms with Crippen LogP contribution >= 0.6 is 0 Å². The quantitative estimate of drug-likeness (QED) is 0.315. The molecule has 0 radical (unpaired) electrons. The maximum absolute atomic E-state index is 15.0. The Kier molecular flexibility index (Phi) is 7.38. The van der Waals surface area contributed by atoms with Gasteiger partial charge in [0.2, 0.25) is 5.95 Å². The first kappa shape index (κ1) is 26.1. The molecule has 0 spiro atoms. The van der Waals surface area contributed by atoms with Crippen LogP contribution in [0.1, 0.15) is 50.7 Å². The molecule has 8 nitrogen and oxygen atoms in total. The van der Waals surface area contributed by atoms with Crippen LogP contribution in [0.15, 0.2) is 48.9 Å². The topological polar surface area (TPSA) is 111 Å². The molecule has 200 valence electrons. The van der Waals surface area contributed by atoms with Gasteiger partial charge in [-0.1, -0.05) is 6.92 Å². The van der Waals surface area contributed by atoms with E-state index in [0.29, 0.717) is 23.4 Å². The van der Waals surface area contributed by atoms with E-state index in [4.69, 9.17) is 10.5 Å². The van der Waals surface area contributed by atoms with Crippen molar-refractivity contribution >= 4 is 17.2 Å². The highest BCUT2D eigenvalue weighted by Crippen LogP contribution is 2.39. The van der Waals surface area contributed by atoms with Gasteiger partial charge in [-0.3, -0.25) is 4.98 Å². The molecule has 4 aromatic rings. The van der Waals surface area contributed by atoms with Crippen molar-refractivity contribution in [2.45, 2.75) is 64.4 Å². The van der Waals surface area contributed by atoms with Crippen molar-refractivity contribution in [2.24, 2.45) is 11.7 Å². The Morgan fingerprint density at radius 3 is 2.63 bits per heavy atom. The molecule has 1 aromatic carbocycles. The summed E-state index contributed by atoms with van der Waals surface area (Å²) >= 11 is 0. The number of hydrogen-bond acceptors (Lipinski definition) is 7. The number of hydrogen-bond donors (Lipinski definition) is 3. The van der Waals surface area contributed by atoms with Crippen LogP contribution in [-0.2, 0) is 11.3 Å². The van der Waals surface area contributed by atoms with Gasteiger partial charge in [0.15, 0.2) is 0 Å². The van der Waals surface area contributed by atoms with E-state index in [1.165, 1.54) is 16.6 Å². The minimum Gasteiger partial charge on any atom is -0.391 e. The summed E-state index contributed by atoms with van der Waals surface area (Å²) in [5.41, 5.74) is 8.95. The molecular weight excluding hydrogens is 490 g/mol. The molecule has 4 atom stereocenters. The smallest absolute Gasteiger partial charge is 0.229 e. The summed E-state index contributed by atoms with van der Waals surface area (Å²) in [6.07, 6.45) is 5.91. The minimum absolute atomic E-state index is 0.0535. The monoisotopic (exact) mass is 522 g/mol. The average Bonchev–Trinajstić information content (AvgIpc) is 3.27. The van der Waals surface area contributed by atoms with Gasteiger partial charge in [-0.25, -0.2) is 13.8 Å². The molecule has 0 bridgehead atoms. The third-order valence-electron chi connectivity index (χ3n) is 7.10. The van der Waals surface area contributed by atoms with Crippen LogP contribution in [0.3, 0.4) is 0 Å². The van der Waals surface area contributed by atoms with E-state index in [1.807, 2.05) is 26.8 Å². The zero-order valence-corrected chi connectivity index (χ0v) is 21.6. The molecular formula is C28H32F2N6O2. The number of imidazole rings is 1. The SMILES string of the molecule is CC(C)OCc1cc(F)c(-c2ccc3cnc(Nc4cnccc4C4CC(C)C(O)C(N)C4)n3n2)c(F)c1. The lowest BCUT2D eigenvalue weighted by Gasteiger charge is -2.36. The van der Waals surface area contributed by atoms with E-state index in [-0.39, 0.29) is 41.8 Å². The number of anilines is 2. The number of aliphatic hydroxyl groups excluding tert-OH is 1. The van der Waals surface area contributed by atoms with E-state index in [0.717, 1.165) is 17.7 Å². The fourth-order valence-corrected chi connectivity index (χ4v) is 5.13. The largest absolute Gasteiger partial charge is 0.391 e. The molecule has 10 heteroatoms. The van der Waals surface area contributed by atoms with Crippen LogP contribution in [0.4, 0.5) is 20.4 Å². The van der Waals surface area contributed by atoms with Crippen molar-refractivity contribution in [1.82, 2.24) is 19.6 Å². The molecule has 0 saturated heterocycles. The molecule has 3 aromatic heterocycles. The molecule has 1 saturated carbocycles. The van der Waals surface area contributed by atoms with E-state index in [1.54, 1.807) is 30.7 Å². The molecule has 5 rings (SSSR count). The molecule has 1 aliphatic rings. The van der Waals surface area contributed by atoms with Crippen molar-refractivity contribution in [3.8, 4) is 11.3 Å². The van der Waals surface area contributed by atoms with Crippen LogP contribution in [0.25, 0.3) is 16.8 Å². The van der Waals surface area contributed by atoms with Gasteiger partial charge in [-0.05, 0) is 80.0 Å². The fraction of sp³-hybridized carbons (Fsp3) is 0.393. The van der Waals surface area contributed by atoms with Crippen molar-refractivity contribution < 1.29 is 18.6 Å².